The number of hydrogen-bond donors (Lipinski definition) is 1. The van der Waals surface area contributed by atoms with Gasteiger partial charge in [0.2, 0.25) is 5.91 Å². The fraction of sp³-hybridized carbons (Fsp3) is 0.625. The summed E-state index contributed by atoms with van der Waals surface area (Å²) >= 11 is 0. The summed E-state index contributed by atoms with van der Waals surface area (Å²) in [4.78, 5) is 21.0. The maximum atomic E-state index is 12.3. The van der Waals surface area contributed by atoms with Gasteiger partial charge in [-0.25, -0.2) is 9.50 Å². The molecule has 2 fully saturated rings. The molecule has 2 aliphatic rings. The number of nitrogens with one attached hydrogen (secondary N) is 1. The third-order valence-corrected chi connectivity index (χ3v) is 4.57. The molecule has 4 rings (SSSR count). The number of aromatic nitrogens is 4. The summed E-state index contributed by atoms with van der Waals surface area (Å²) in [6.45, 7) is 3.90. The molecule has 2 aliphatic carbocycles. The van der Waals surface area contributed by atoms with Crippen molar-refractivity contribution in [2.24, 2.45) is 11.8 Å². The number of hydrogen-bond acceptors (Lipinski definition) is 4. The summed E-state index contributed by atoms with van der Waals surface area (Å²) in [6, 6.07) is 2.34. The summed E-state index contributed by atoms with van der Waals surface area (Å²) in [5.74, 6) is 2.56. The molecule has 0 aromatic carbocycles. The van der Waals surface area contributed by atoms with E-state index in [0.29, 0.717) is 29.5 Å². The molecule has 22 heavy (non-hydrogen) atoms. The Morgan fingerprint density at radius 2 is 1.95 bits per heavy atom. The average Bonchev–Trinajstić information content (AvgIpc) is 3.34. The van der Waals surface area contributed by atoms with E-state index in [2.05, 4.69) is 20.4 Å². The largest absolute Gasteiger partial charge is 0.352 e. The van der Waals surface area contributed by atoms with Gasteiger partial charge < -0.3 is 5.32 Å². The van der Waals surface area contributed by atoms with Crippen molar-refractivity contribution in [2.45, 2.75) is 52.0 Å². The Hall–Kier alpha value is -1.98. The van der Waals surface area contributed by atoms with E-state index in [-0.39, 0.29) is 12.3 Å². The van der Waals surface area contributed by atoms with E-state index in [1.165, 1.54) is 25.7 Å². The summed E-state index contributed by atoms with van der Waals surface area (Å²) in [5.41, 5.74) is 1.89. The molecule has 2 aromatic rings. The second kappa shape index (κ2) is 5.04. The van der Waals surface area contributed by atoms with E-state index in [4.69, 9.17) is 0 Å². The van der Waals surface area contributed by atoms with Crippen LogP contribution in [0.5, 0.6) is 0 Å². The van der Waals surface area contributed by atoms with Crippen molar-refractivity contribution in [2.75, 3.05) is 0 Å². The van der Waals surface area contributed by atoms with Gasteiger partial charge in [0.05, 0.1) is 6.42 Å². The van der Waals surface area contributed by atoms with Gasteiger partial charge in [0.15, 0.2) is 5.82 Å². The fourth-order valence-electron chi connectivity index (χ4n) is 3.19. The van der Waals surface area contributed by atoms with Gasteiger partial charge in [-0.15, -0.1) is 5.10 Å². The van der Waals surface area contributed by atoms with Crippen LogP contribution in [0.4, 0.5) is 0 Å². The predicted octanol–water partition coefficient (Wildman–Crippen LogP) is 1.59. The van der Waals surface area contributed by atoms with Crippen LogP contribution >= 0.6 is 0 Å². The minimum Gasteiger partial charge on any atom is -0.352 e. The van der Waals surface area contributed by atoms with Crippen molar-refractivity contribution in [3.05, 3.63) is 23.3 Å². The molecule has 6 heteroatoms. The Morgan fingerprint density at radius 1 is 1.27 bits per heavy atom. The highest BCUT2D eigenvalue weighted by Gasteiger charge is 2.42. The van der Waals surface area contributed by atoms with Gasteiger partial charge >= 0.3 is 0 Å². The monoisotopic (exact) mass is 299 g/mol. The Bertz CT molecular complexity index is 717. The average molecular weight is 299 g/mol. The molecule has 0 unspecified atom stereocenters. The number of fused-ring (bicyclic) bond motifs is 1. The van der Waals surface area contributed by atoms with Gasteiger partial charge in [-0.05, 0) is 57.4 Å². The van der Waals surface area contributed by atoms with Gasteiger partial charge in [-0.1, -0.05) is 0 Å². The summed E-state index contributed by atoms with van der Waals surface area (Å²) < 4.78 is 1.70. The molecule has 1 amide bonds. The summed E-state index contributed by atoms with van der Waals surface area (Å²) in [5, 5.41) is 7.61. The summed E-state index contributed by atoms with van der Waals surface area (Å²) in [7, 11) is 0. The van der Waals surface area contributed by atoms with Gasteiger partial charge in [-0.2, -0.15) is 4.98 Å². The molecule has 0 saturated heterocycles. The number of aryl methyl sites for hydroxylation is 2. The Balaban J connectivity index is 1.48. The first kappa shape index (κ1) is 13.7. The van der Waals surface area contributed by atoms with Crippen LogP contribution < -0.4 is 5.32 Å². The first-order valence-corrected chi connectivity index (χ1v) is 8.09. The number of nitrogens with zero attached hydrogens (tertiary/aromatic N) is 4. The molecule has 2 saturated carbocycles. The highest BCUT2D eigenvalue weighted by Crippen LogP contribution is 2.44. The smallest absolute Gasteiger partial charge is 0.252 e. The van der Waals surface area contributed by atoms with Crippen LogP contribution in [-0.2, 0) is 11.2 Å². The molecule has 0 aliphatic heterocycles. The molecule has 0 radical (unpaired) electrons. The van der Waals surface area contributed by atoms with Crippen molar-refractivity contribution in [1.82, 2.24) is 24.9 Å². The minimum atomic E-state index is 0.0362. The van der Waals surface area contributed by atoms with Gasteiger partial charge in [0.25, 0.3) is 5.78 Å². The lowest BCUT2D eigenvalue weighted by molar-refractivity contribution is -0.121. The third kappa shape index (κ3) is 2.69. The lowest BCUT2D eigenvalue weighted by Crippen LogP contribution is -2.39. The van der Waals surface area contributed by atoms with Gasteiger partial charge in [0.1, 0.15) is 0 Å². The molecule has 1 N–H and O–H groups in total. The molecular weight excluding hydrogens is 278 g/mol. The van der Waals surface area contributed by atoms with E-state index in [1.807, 2.05) is 19.9 Å². The minimum absolute atomic E-state index is 0.0362. The molecule has 116 valence electrons. The van der Waals surface area contributed by atoms with Crippen molar-refractivity contribution >= 4 is 11.7 Å². The second-order valence-corrected chi connectivity index (χ2v) is 6.72. The lowest BCUT2D eigenvalue weighted by Gasteiger charge is -2.16. The van der Waals surface area contributed by atoms with Crippen LogP contribution in [0.25, 0.3) is 5.78 Å². The quantitative estimate of drug-likeness (QED) is 0.910. The van der Waals surface area contributed by atoms with Gasteiger partial charge in [0, 0.05) is 17.4 Å². The molecule has 2 heterocycles. The topological polar surface area (TPSA) is 72.2 Å². The van der Waals surface area contributed by atoms with Crippen molar-refractivity contribution < 1.29 is 4.79 Å². The SMILES string of the molecule is Cc1cc(C)n2nc(CC(=O)NC(C3CC3)C3CC3)nc2n1. The Labute approximate surface area is 129 Å². The van der Waals surface area contributed by atoms with Crippen molar-refractivity contribution in [1.29, 1.82) is 0 Å². The maximum absolute atomic E-state index is 12.3. The normalized spacial score (nSPS) is 18.1. The second-order valence-electron chi connectivity index (χ2n) is 6.72. The lowest BCUT2D eigenvalue weighted by atomic mass is 10.1. The highest BCUT2D eigenvalue weighted by molar-refractivity contribution is 5.78. The maximum Gasteiger partial charge on any atom is 0.252 e. The van der Waals surface area contributed by atoms with E-state index >= 15 is 0 Å². The van der Waals surface area contributed by atoms with Crippen molar-refractivity contribution in [3.8, 4) is 0 Å². The zero-order valence-electron chi connectivity index (χ0n) is 13.0. The predicted molar refractivity (Wildman–Crippen MR) is 81.3 cm³/mol. The summed E-state index contributed by atoms with van der Waals surface area (Å²) in [6.07, 6.45) is 5.28. The first-order valence-electron chi connectivity index (χ1n) is 8.09. The van der Waals surface area contributed by atoms with Crippen LogP contribution in [0.2, 0.25) is 0 Å². The molecule has 2 aromatic heterocycles. The van der Waals surface area contributed by atoms with Crippen LogP contribution in [0.1, 0.15) is 42.9 Å². The zero-order valence-corrected chi connectivity index (χ0v) is 13.0. The Kier molecular flexibility index (Phi) is 3.13. The molecular formula is C16H21N5O. The molecule has 0 atom stereocenters. The van der Waals surface area contributed by atoms with Crippen LogP contribution in [0.15, 0.2) is 6.07 Å². The van der Waals surface area contributed by atoms with Crippen LogP contribution in [-0.4, -0.2) is 31.5 Å². The molecule has 0 bridgehead atoms. The molecule has 0 spiro atoms. The number of amides is 1. The van der Waals surface area contributed by atoms with Gasteiger partial charge in [-0.3, -0.25) is 4.79 Å². The number of carbonyl (C=O) groups excluding carboxylic acids is 1. The highest BCUT2D eigenvalue weighted by atomic mass is 16.1. The number of carbonyl (C=O) groups is 1. The van der Waals surface area contributed by atoms with E-state index in [9.17, 15) is 4.79 Å². The van der Waals surface area contributed by atoms with Crippen LogP contribution in [0.3, 0.4) is 0 Å². The zero-order chi connectivity index (χ0) is 15.3. The standard InChI is InChI=1S/C16H21N5O/c1-9-7-10(2)21-16(17-9)18-13(20-21)8-14(22)19-15(11-3-4-11)12-5-6-12/h7,11-12,15H,3-6,8H2,1-2H3,(H,19,22). The van der Waals surface area contributed by atoms with E-state index < -0.39 is 0 Å². The third-order valence-electron chi connectivity index (χ3n) is 4.57. The van der Waals surface area contributed by atoms with Crippen LogP contribution in [0, 0.1) is 25.7 Å². The van der Waals surface area contributed by atoms with Crippen molar-refractivity contribution in [3.63, 3.8) is 0 Å². The van der Waals surface area contributed by atoms with E-state index in [0.717, 1.165) is 11.4 Å². The van der Waals surface area contributed by atoms with E-state index in [1.54, 1.807) is 4.52 Å². The Morgan fingerprint density at radius 3 is 2.59 bits per heavy atom. The fourth-order valence-corrected chi connectivity index (χ4v) is 3.19. The molecule has 6 nitrogen and oxygen atoms in total. The number of rotatable bonds is 5. The first-order chi connectivity index (χ1) is 10.6.